The zero-order chi connectivity index (χ0) is 18.0. The molecule has 1 aliphatic heterocycles. The van der Waals surface area contributed by atoms with Crippen molar-refractivity contribution in [2.24, 2.45) is 0 Å². The molecule has 0 radical (unpaired) electrons. The average Bonchev–Trinajstić information content (AvgIpc) is 3.00. The lowest BCUT2D eigenvalue weighted by Crippen LogP contribution is -2.39. The summed E-state index contributed by atoms with van der Waals surface area (Å²) in [7, 11) is 0. The first-order chi connectivity index (χ1) is 12.2. The van der Waals surface area contributed by atoms with Crippen molar-refractivity contribution >= 4 is 40.8 Å². The van der Waals surface area contributed by atoms with Gasteiger partial charge in [-0.1, -0.05) is 18.2 Å². The summed E-state index contributed by atoms with van der Waals surface area (Å²) in [6.45, 7) is 0. The SMILES string of the molecule is O=C=C1CCC(n2c(=C=O)c3cccc(C=O)c3c2=C=O)C(=C=O)N1. The van der Waals surface area contributed by atoms with Gasteiger partial charge in [-0.2, -0.15) is 0 Å². The number of rotatable bonds is 2. The van der Waals surface area contributed by atoms with Crippen molar-refractivity contribution in [3.05, 3.63) is 45.9 Å². The number of fused-ring (bicyclic) bond motifs is 1. The first-order valence-corrected chi connectivity index (χ1v) is 7.34. The molecule has 1 unspecified atom stereocenters. The van der Waals surface area contributed by atoms with E-state index in [9.17, 15) is 24.0 Å². The van der Waals surface area contributed by atoms with Gasteiger partial charge in [0.2, 0.25) is 0 Å². The molecule has 1 N–H and O–H groups in total. The third-order valence-electron chi connectivity index (χ3n) is 4.22. The Hall–Kier alpha value is -3.71. The van der Waals surface area contributed by atoms with E-state index in [4.69, 9.17) is 0 Å². The number of nitrogens with one attached hydrogen (secondary N) is 1. The fourth-order valence-corrected chi connectivity index (χ4v) is 3.17. The number of piperidine rings is 1. The highest BCUT2D eigenvalue weighted by Gasteiger charge is 2.28. The summed E-state index contributed by atoms with van der Waals surface area (Å²) in [5.74, 6) is 6.92. The smallest absolute Gasteiger partial charge is 0.151 e. The molecule has 1 aromatic heterocycles. The van der Waals surface area contributed by atoms with E-state index in [0.29, 0.717) is 11.7 Å². The maximum atomic E-state index is 11.6. The Bertz CT molecular complexity index is 1170. The van der Waals surface area contributed by atoms with Crippen molar-refractivity contribution in [1.29, 1.82) is 0 Å². The van der Waals surface area contributed by atoms with Crippen molar-refractivity contribution in [3.8, 4) is 0 Å². The minimum Gasteiger partial charge on any atom is -0.342 e. The molecule has 1 saturated heterocycles. The Kier molecular flexibility index (Phi) is 4.15. The average molecular weight is 334 g/mol. The Morgan fingerprint density at radius 2 is 1.80 bits per heavy atom. The standard InChI is InChI=1S/C18H10N2O5/c21-6-11-2-1-3-13-16(9-24)20(17(10-25)18(11)13)15-5-4-12(7-22)19-14(15)8-23/h1-3,6,15,19H,4-5H2. The molecule has 0 amide bonds. The summed E-state index contributed by atoms with van der Waals surface area (Å²) in [5, 5.41) is 3.24. The van der Waals surface area contributed by atoms with Crippen LogP contribution in [0.2, 0.25) is 0 Å². The maximum absolute atomic E-state index is 11.6. The molecular formula is C18H10N2O5. The highest BCUT2D eigenvalue weighted by atomic mass is 16.1. The van der Waals surface area contributed by atoms with Gasteiger partial charge in [0.15, 0.2) is 18.2 Å². The molecule has 1 aromatic carbocycles. The second-order valence-corrected chi connectivity index (χ2v) is 5.43. The number of benzene rings is 1. The molecule has 122 valence electrons. The van der Waals surface area contributed by atoms with Crippen LogP contribution in [0.4, 0.5) is 0 Å². The first kappa shape index (κ1) is 16.2. The third-order valence-corrected chi connectivity index (χ3v) is 4.22. The molecular weight excluding hydrogens is 324 g/mol. The summed E-state index contributed by atoms with van der Waals surface area (Å²) >= 11 is 0. The van der Waals surface area contributed by atoms with Crippen molar-refractivity contribution in [2.75, 3.05) is 0 Å². The van der Waals surface area contributed by atoms with Crippen LogP contribution in [-0.2, 0) is 19.2 Å². The lowest BCUT2D eigenvalue weighted by molar-refractivity contribution is 0.112. The Morgan fingerprint density at radius 1 is 1.04 bits per heavy atom. The summed E-state index contributed by atoms with van der Waals surface area (Å²) in [5.41, 5.74) is 0.402. The van der Waals surface area contributed by atoms with Crippen molar-refractivity contribution < 1.29 is 24.0 Å². The number of carbonyl (C=O) groups is 1. The largest absolute Gasteiger partial charge is 0.342 e. The molecule has 1 fully saturated rings. The lowest BCUT2D eigenvalue weighted by Gasteiger charge is -2.25. The number of carbonyl (C=O) groups excluding carboxylic acids is 5. The van der Waals surface area contributed by atoms with E-state index >= 15 is 0 Å². The van der Waals surface area contributed by atoms with Gasteiger partial charge in [0.05, 0.1) is 6.04 Å². The number of hydrogen-bond donors (Lipinski definition) is 1. The molecule has 0 aliphatic carbocycles. The molecule has 2 heterocycles. The van der Waals surface area contributed by atoms with Gasteiger partial charge in [-0.05, 0) is 6.42 Å². The number of aromatic nitrogens is 1. The minimum atomic E-state index is -0.741. The fraction of sp³-hybridized carbons (Fsp3) is 0.167. The van der Waals surface area contributed by atoms with E-state index in [2.05, 4.69) is 5.32 Å². The second-order valence-electron chi connectivity index (χ2n) is 5.43. The Balaban J connectivity index is 2.44. The van der Waals surface area contributed by atoms with E-state index in [1.54, 1.807) is 35.9 Å². The molecule has 1 atom stereocenters. The molecule has 0 saturated carbocycles. The monoisotopic (exact) mass is 334 g/mol. The van der Waals surface area contributed by atoms with Crippen LogP contribution in [0, 0.1) is 0 Å². The predicted molar refractivity (Wildman–Crippen MR) is 86.0 cm³/mol. The first-order valence-electron chi connectivity index (χ1n) is 7.34. The van der Waals surface area contributed by atoms with Gasteiger partial charge in [-0.15, -0.1) is 0 Å². The van der Waals surface area contributed by atoms with Gasteiger partial charge in [-0.3, -0.25) is 4.79 Å². The zero-order valence-electron chi connectivity index (χ0n) is 12.8. The van der Waals surface area contributed by atoms with Crippen LogP contribution in [0.25, 0.3) is 10.8 Å². The maximum Gasteiger partial charge on any atom is 0.151 e. The number of hydrogen-bond acceptors (Lipinski definition) is 6. The molecule has 2 aromatic rings. The third kappa shape index (κ3) is 2.39. The zero-order valence-corrected chi connectivity index (χ0v) is 12.8. The van der Waals surface area contributed by atoms with Crippen molar-refractivity contribution in [2.45, 2.75) is 18.9 Å². The van der Waals surface area contributed by atoms with Gasteiger partial charge in [0.25, 0.3) is 0 Å². The number of allylic oxidation sites excluding steroid dienone is 2. The van der Waals surface area contributed by atoms with Gasteiger partial charge in [0.1, 0.15) is 34.0 Å². The van der Waals surface area contributed by atoms with Crippen molar-refractivity contribution in [3.63, 3.8) is 0 Å². The van der Waals surface area contributed by atoms with Gasteiger partial charge in [-0.25, -0.2) is 19.2 Å². The predicted octanol–water partition coefficient (Wildman–Crippen LogP) is -1.18. The van der Waals surface area contributed by atoms with Crippen LogP contribution in [0.15, 0.2) is 29.6 Å². The van der Waals surface area contributed by atoms with Gasteiger partial charge < -0.3 is 9.88 Å². The van der Waals surface area contributed by atoms with Crippen molar-refractivity contribution in [1.82, 2.24) is 9.88 Å². The van der Waals surface area contributed by atoms with E-state index in [0.717, 1.165) is 0 Å². The molecule has 1 aliphatic rings. The summed E-state index contributed by atoms with van der Waals surface area (Å²) in [6.07, 6.45) is 1.11. The fourth-order valence-electron chi connectivity index (χ4n) is 3.17. The van der Waals surface area contributed by atoms with Crippen LogP contribution >= 0.6 is 0 Å². The number of aldehydes is 1. The van der Waals surface area contributed by atoms with Crippen LogP contribution in [0.3, 0.4) is 0 Å². The Labute approximate surface area is 140 Å². The quantitative estimate of drug-likeness (QED) is 0.548. The highest BCUT2D eigenvalue weighted by Crippen LogP contribution is 2.26. The van der Waals surface area contributed by atoms with Crippen LogP contribution in [-0.4, -0.2) is 34.6 Å². The second kappa shape index (κ2) is 6.42. The molecule has 3 rings (SSSR count). The summed E-state index contributed by atoms with van der Waals surface area (Å²) < 4.78 is 1.31. The van der Waals surface area contributed by atoms with E-state index < -0.39 is 6.04 Å². The van der Waals surface area contributed by atoms with Crippen LogP contribution in [0.1, 0.15) is 29.2 Å². The lowest BCUT2D eigenvalue weighted by atomic mass is 10.0. The summed E-state index contributed by atoms with van der Waals surface area (Å²) in [6, 6.07) is 3.93. The van der Waals surface area contributed by atoms with Crippen LogP contribution in [0.5, 0.6) is 0 Å². The normalized spacial score (nSPS) is 16.4. The van der Waals surface area contributed by atoms with Gasteiger partial charge >= 0.3 is 0 Å². The molecule has 0 bridgehead atoms. The minimum absolute atomic E-state index is 0.00874. The molecule has 7 heteroatoms. The molecule has 0 spiro atoms. The summed E-state index contributed by atoms with van der Waals surface area (Å²) in [4.78, 5) is 56.6. The van der Waals surface area contributed by atoms with E-state index in [1.807, 2.05) is 0 Å². The highest BCUT2D eigenvalue weighted by molar-refractivity contribution is 6.00. The van der Waals surface area contributed by atoms with E-state index in [-0.39, 0.29) is 45.9 Å². The molecule has 25 heavy (non-hydrogen) atoms. The van der Waals surface area contributed by atoms with Crippen LogP contribution < -0.4 is 16.0 Å². The van der Waals surface area contributed by atoms with E-state index in [1.165, 1.54) is 10.6 Å². The Morgan fingerprint density at radius 3 is 2.40 bits per heavy atom. The van der Waals surface area contributed by atoms with Gasteiger partial charge in [0, 0.05) is 22.8 Å². The molecule has 7 nitrogen and oxygen atoms in total. The topological polar surface area (TPSA) is 102 Å². The number of nitrogens with zero attached hydrogens (tertiary/aromatic N) is 1.